The van der Waals surface area contributed by atoms with E-state index in [9.17, 15) is 28.4 Å². The fraction of sp³-hybridized carbons (Fsp3) is 0.0588. The summed E-state index contributed by atoms with van der Waals surface area (Å²) in [5.74, 6) is -0.206. The molecule has 0 bridgehead atoms. The first-order chi connectivity index (χ1) is 12.3. The number of nitro groups is 1. The van der Waals surface area contributed by atoms with E-state index >= 15 is 0 Å². The van der Waals surface area contributed by atoms with Gasteiger partial charge in [0.25, 0.3) is 5.69 Å². The summed E-state index contributed by atoms with van der Waals surface area (Å²) in [5.41, 5.74) is -2.27. The lowest BCUT2D eigenvalue weighted by molar-refractivity contribution is -0.384. The average molecular weight is 361 g/mol. The molecule has 3 rings (SSSR count). The fourth-order valence-corrected chi connectivity index (χ4v) is 2.38. The standard InChI is InChI=1S/C17H10F3N3O3/c18-17(19,20)11-6-7-13(14(9-11)23(25)26)21-22-16-12-4-2-1-3-10(12)5-8-15(16)24/h1-9,24H. The molecular formula is C17H10F3N3O3. The number of hydrogen-bond acceptors (Lipinski definition) is 5. The average Bonchev–Trinajstić information content (AvgIpc) is 2.60. The minimum Gasteiger partial charge on any atom is -0.506 e. The molecular weight excluding hydrogens is 351 g/mol. The van der Waals surface area contributed by atoms with Gasteiger partial charge in [0.05, 0.1) is 10.5 Å². The summed E-state index contributed by atoms with van der Waals surface area (Å²) in [4.78, 5) is 10.1. The van der Waals surface area contributed by atoms with Crippen LogP contribution in [0.3, 0.4) is 0 Å². The van der Waals surface area contributed by atoms with Crippen LogP contribution in [0.4, 0.5) is 30.2 Å². The van der Waals surface area contributed by atoms with Crippen LogP contribution in [0.5, 0.6) is 5.75 Å². The molecule has 0 aliphatic heterocycles. The zero-order valence-electron chi connectivity index (χ0n) is 12.9. The zero-order valence-corrected chi connectivity index (χ0v) is 12.9. The van der Waals surface area contributed by atoms with E-state index in [1.807, 2.05) is 0 Å². The van der Waals surface area contributed by atoms with E-state index in [1.165, 1.54) is 6.07 Å². The highest BCUT2D eigenvalue weighted by Crippen LogP contribution is 2.39. The lowest BCUT2D eigenvalue weighted by Crippen LogP contribution is -2.05. The Bertz CT molecular complexity index is 1030. The van der Waals surface area contributed by atoms with E-state index in [4.69, 9.17) is 0 Å². The van der Waals surface area contributed by atoms with Gasteiger partial charge in [0, 0.05) is 11.5 Å². The Balaban J connectivity index is 2.10. The highest BCUT2D eigenvalue weighted by atomic mass is 19.4. The molecule has 3 aromatic carbocycles. The Kier molecular flexibility index (Phi) is 4.29. The lowest BCUT2D eigenvalue weighted by Gasteiger charge is -2.07. The summed E-state index contributed by atoms with van der Waals surface area (Å²) in [7, 11) is 0. The van der Waals surface area contributed by atoms with E-state index in [0.717, 1.165) is 11.5 Å². The van der Waals surface area contributed by atoms with Gasteiger partial charge in [-0.2, -0.15) is 13.2 Å². The second-order valence-electron chi connectivity index (χ2n) is 5.31. The van der Waals surface area contributed by atoms with Crippen LogP contribution < -0.4 is 0 Å². The Morgan fingerprint density at radius 1 is 1.00 bits per heavy atom. The maximum absolute atomic E-state index is 12.7. The zero-order chi connectivity index (χ0) is 18.9. The van der Waals surface area contributed by atoms with Gasteiger partial charge in [-0.3, -0.25) is 10.1 Å². The van der Waals surface area contributed by atoms with Crippen LogP contribution in [0.25, 0.3) is 10.8 Å². The molecule has 0 amide bonds. The molecule has 1 N–H and O–H groups in total. The summed E-state index contributed by atoms with van der Waals surface area (Å²) in [6.07, 6.45) is -4.71. The third kappa shape index (κ3) is 3.32. The van der Waals surface area contributed by atoms with Crippen molar-refractivity contribution >= 4 is 27.8 Å². The van der Waals surface area contributed by atoms with Gasteiger partial charge in [-0.15, -0.1) is 10.2 Å². The predicted octanol–water partition coefficient (Wildman–Crippen LogP) is 5.89. The molecule has 0 radical (unpaired) electrons. The molecule has 0 fully saturated rings. The molecule has 0 aliphatic rings. The number of phenols is 1. The molecule has 0 spiro atoms. The first-order valence-electron chi connectivity index (χ1n) is 7.25. The molecule has 0 atom stereocenters. The van der Waals surface area contributed by atoms with Gasteiger partial charge in [-0.25, -0.2) is 0 Å². The van der Waals surface area contributed by atoms with Crippen molar-refractivity contribution in [2.24, 2.45) is 10.2 Å². The number of phenolic OH excluding ortho intramolecular Hbond substituents is 1. The smallest absolute Gasteiger partial charge is 0.416 e. The summed E-state index contributed by atoms with van der Waals surface area (Å²) >= 11 is 0. The van der Waals surface area contributed by atoms with Crippen molar-refractivity contribution in [2.45, 2.75) is 6.18 Å². The molecule has 0 saturated heterocycles. The third-order valence-electron chi connectivity index (χ3n) is 3.64. The van der Waals surface area contributed by atoms with Crippen molar-refractivity contribution in [1.82, 2.24) is 0 Å². The topological polar surface area (TPSA) is 88.1 Å². The number of aromatic hydroxyl groups is 1. The van der Waals surface area contributed by atoms with Crippen LogP contribution in [0.2, 0.25) is 0 Å². The molecule has 0 unspecified atom stereocenters. The Morgan fingerprint density at radius 2 is 1.73 bits per heavy atom. The minimum atomic E-state index is -4.71. The highest BCUT2D eigenvalue weighted by Gasteiger charge is 2.33. The Morgan fingerprint density at radius 3 is 2.42 bits per heavy atom. The van der Waals surface area contributed by atoms with Crippen molar-refractivity contribution < 1.29 is 23.2 Å². The van der Waals surface area contributed by atoms with Gasteiger partial charge in [0.1, 0.15) is 11.4 Å². The maximum Gasteiger partial charge on any atom is 0.416 e. The van der Waals surface area contributed by atoms with E-state index in [2.05, 4.69) is 10.2 Å². The Labute approximate surface area is 144 Å². The van der Waals surface area contributed by atoms with Crippen molar-refractivity contribution in [2.75, 3.05) is 0 Å². The molecule has 3 aromatic rings. The largest absolute Gasteiger partial charge is 0.506 e. The van der Waals surface area contributed by atoms with Crippen LogP contribution in [-0.2, 0) is 6.18 Å². The van der Waals surface area contributed by atoms with Crippen LogP contribution in [-0.4, -0.2) is 10.0 Å². The first-order valence-corrected chi connectivity index (χ1v) is 7.25. The number of azo groups is 1. The van der Waals surface area contributed by atoms with E-state index in [0.29, 0.717) is 17.5 Å². The number of nitrogens with zero attached hydrogens (tertiary/aromatic N) is 3. The van der Waals surface area contributed by atoms with Crippen molar-refractivity contribution in [3.8, 4) is 5.75 Å². The predicted molar refractivity (Wildman–Crippen MR) is 87.9 cm³/mol. The lowest BCUT2D eigenvalue weighted by atomic mass is 10.1. The molecule has 0 aromatic heterocycles. The fourth-order valence-electron chi connectivity index (χ4n) is 2.38. The van der Waals surface area contributed by atoms with Gasteiger partial charge in [0.2, 0.25) is 0 Å². The third-order valence-corrected chi connectivity index (χ3v) is 3.64. The molecule has 0 heterocycles. The van der Waals surface area contributed by atoms with Gasteiger partial charge in [-0.05, 0) is 23.6 Å². The second kappa shape index (κ2) is 6.43. The number of rotatable bonds is 3. The summed E-state index contributed by atoms with van der Waals surface area (Å²) in [6.45, 7) is 0. The number of hydrogen-bond donors (Lipinski definition) is 1. The van der Waals surface area contributed by atoms with Crippen LogP contribution in [0, 0.1) is 10.1 Å². The SMILES string of the molecule is O=[N+]([O-])c1cc(C(F)(F)F)ccc1N=Nc1c(O)ccc2ccccc12. The number of alkyl halides is 3. The number of fused-ring (bicyclic) bond motifs is 1. The molecule has 0 saturated carbocycles. The van der Waals surface area contributed by atoms with Crippen LogP contribution >= 0.6 is 0 Å². The summed E-state index contributed by atoms with van der Waals surface area (Å²) < 4.78 is 38.2. The van der Waals surface area contributed by atoms with Crippen LogP contribution in [0.1, 0.15) is 5.56 Å². The molecule has 0 aliphatic carbocycles. The van der Waals surface area contributed by atoms with E-state index in [1.54, 1.807) is 30.3 Å². The van der Waals surface area contributed by atoms with Gasteiger partial charge in [0.15, 0.2) is 5.69 Å². The number of halogens is 3. The molecule has 9 heteroatoms. The van der Waals surface area contributed by atoms with E-state index in [-0.39, 0.29) is 17.1 Å². The number of nitro benzene ring substituents is 1. The summed E-state index contributed by atoms with van der Waals surface area (Å²) in [6, 6.07) is 11.9. The van der Waals surface area contributed by atoms with Gasteiger partial charge in [-0.1, -0.05) is 30.3 Å². The number of benzene rings is 3. The van der Waals surface area contributed by atoms with Gasteiger partial charge >= 0.3 is 6.18 Å². The van der Waals surface area contributed by atoms with Crippen molar-refractivity contribution in [3.05, 3.63) is 70.3 Å². The minimum absolute atomic E-state index is 0.0669. The highest BCUT2D eigenvalue weighted by molar-refractivity contribution is 5.95. The maximum atomic E-state index is 12.7. The molecule has 6 nitrogen and oxygen atoms in total. The molecule has 26 heavy (non-hydrogen) atoms. The monoisotopic (exact) mass is 361 g/mol. The Hall–Kier alpha value is -3.49. The molecule has 132 valence electrons. The van der Waals surface area contributed by atoms with Crippen LogP contribution in [0.15, 0.2) is 64.8 Å². The van der Waals surface area contributed by atoms with Crippen molar-refractivity contribution in [3.63, 3.8) is 0 Å². The summed E-state index contributed by atoms with van der Waals surface area (Å²) in [5, 5.41) is 29.9. The quantitative estimate of drug-likeness (QED) is 0.358. The second-order valence-corrected chi connectivity index (χ2v) is 5.31. The normalized spacial score (nSPS) is 12.0. The van der Waals surface area contributed by atoms with Crippen molar-refractivity contribution in [1.29, 1.82) is 0 Å². The van der Waals surface area contributed by atoms with Gasteiger partial charge < -0.3 is 5.11 Å². The first kappa shape index (κ1) is 17.3. The van der Waals surface area contributed by atoms with E-state index < -0.39 is 22.4 Å².